The van der Waals surface area contributed by atoms with Crippen molar-refractivity contribution in [2.45, 2.75) is 52.7 Å². The number of hydrogen-bond donors (Lipinski definition) is 0. The van der Waals surface area contributed by atoms with Crippen LogP contribution < -0.4 is 9.91 Å². The fraction of sp³-hybridized carbons (Fsp3) is 0.625. The van der Waals surface area contributed by atoms with E-state index in [0.29, 0.717) is 23.8 Å². The summed E-state index contributed by atoms with van der Waals surface area (Å²) in [5.74, 6) is 0.964. The summed E-state index contributed by atoms with van der Waals surface area (Å²) in [6, 6.07) is -0.533. The molecular weight excluding hydrogens is 310 g/mol. The van der Waals surface area contributed by atoms with Crippen molar-refractivity contribution in [2.24, 2.45) is 0 Å². The molecule has 1 aliphatic heterocycles. The van der Waals surface area contributed by atoms with E-state index < -0.39 is 17.7 Å². The van der Waals surface area contributed by atoms with Crippen molar-refractivity contribution in [1.82, 2.24) is 15.0 Å². The fourth-order valence-corrected chi connectivity index (χ4v) is 2.57. The van der Waals surface area contributed by atoms with E-state index in [1.165, 1.54) is 9.91 Å². The van der Waals surface area contributed by atoms with Crippen molar-refractivity contribution in [2.75, 3.05) is 24.0 Å². The minimum atomic E-state index is -0.631. The lowest BCUT2D eigenvalue weighted by molar-refractivity contribution is -0.120. The fourth-order valence-electron chi connectivity index (χ4n) is 2.57. The number of fused-ring (bicyclic) bond motifs is 1. The average Bonchev–Trinajstić information content (AvgIpc) is 2.48. The molecule has 8 nitrogen and oxygen atoms in total. The van der Waals surface area contributed by atoms with Crippen LogP contribution in [0.1, 0.15) is 39.9 Å². The smallest absolute Gasteiger partial charge is 0.429 e. The first kappa shape index (κ1) is 18.0. The Kier molecular flexibility index (Phi) is 4.68. The molecule has 0 N–H and O–H groups in total. The van der Waals surface area contributed by atoms with Crippen LogP contribution in [0.2, 0.25) is 0 Å². The van der Waals surface area contributed by atoms with Crippen molar-refractivity contribution in [3.63, 3.8) is 0 Å². The van der Waals surface area contributed by atoms with E-state index in [2.05, 4.69) is 9.97 Å². The van der Waals surface area contributed by atoms with Gasteiger partial charge in [-0.05, 0) is 34.1 Å². The lowest BCUT2D eigenvalue weighted by Crippen LogP contribution is -2.60. The van der Waals surface area contributed by atoms with Gasteiger partial charge in [-0.2, -0.15) is 0 Å². The van der Waals surface area contributed by atoms with E-state index in [4.69, 9.17) is 4.74 Å². The van der Waals surface area contributed by atoms with Gasteiger partial charge < -0.3 is 9.64 Å². The Labute approximate surface area is 142 Å². The highest BCUT2D eigenvalue weighted by molar-refractivity contribution is 6.04. The minimum Gasteiger partial charge on any atom is -0.442 e. The summed E-state index contributed by atoms with van der Waals surface area (Å²) in [6.07, 6.45) is 1.58. The van der Waals surface area contributed by atoms with Gasteiger partial charge in [0.15, 0.2) is 5.82 Å². The van der Waals surface area contributed by atoms with Gasteiger partial charge in [-0.1, -0.05) is 6.92 Å². The van der Waals surface area contributed by atoms with E-state index in [-0.39, 0.29) is 5.91 Å². The predicted octanol–water partition coefficient (Wildman–Crippen LogP) is 2.13. The number of aryl methyl sites for hydroxylation is 1. The average molecular weight is 335 g/mol. The summed E-state index contributed by atoms with van der Waals surface area (Å²) in [5.41, 5.74) is -0.0701. The molecule has 0 fully saturated rings. The number of aromatic nitrogens is 2. The molecule has 1 aliphatic rings. The van der Waals surface area contributed by atoms with Crippen molar-refractivity contribution in [3.05, 3.63) is 12.0 Å². The van der Waals surface area contributed by atoms with Crippen LogP contribution in [0, 0.1) is 6.92 Å². The van der Waals surface area contributed by atoms with Gasteiger partial charge in [0.2, 0.25) is 0 Å². The van der Waals surface area contributed by atoms with Gasteiger partial charge in [-0.3, -0.25) is 4.79 Å². The van der Waals surface area contributed by atoms with Gasteiger partial charge in [0.05, 0.1) is 6.20 Å². The number of hydrazine groups is 1. The van der Waals surface area contributed by atoms with Gasteiger partial charge in [0.25, 0.3) is 5.91 Å². The molecule has 2 rings (SSSR count). The van der Waals surface area contributed by atoms with Gasteiger partial charge in [-0.15, -0.1) is 0 Å². The molecule has 0 aromatic carbocycles. The highest BCUT2D eigenvalue weighted by atomic mass is 16.6. The van der Waals surface area contributed by atoms with Gasteiger partial charge >= 0.3 is 6.09 Å². The molecule has 0 saturated carbocycles. The van der Waals surface area contributed by atoms with Crippen LogP contribution in [0.25, 0.3) is 0 Å². The second kappa shape index (κ2) is 6.26. The SMILES string of the molecule is CCC1C(=O)N(C)c2cnc(C)nc2N1N(C)C(=O)OC(C)(C)C. The van der Waals surface area contributed by atoms with Crippen LogP contribution in [0.3, 0.4) is 0 Å². The normalized spacial score (nSPS) is 17.6. The maximum Gasteiger partial charge on any atom is 0.429 e. The maximum atomic E-state index is 12.7. The summed E-state index contributed by atoms with van der Waals surface area (Å²) in [4.78, 5) is 35.3. The van der Waals surface area contributed by atoms with Gasteiger partial charge in [0.1, 0.15) is 23.2 Å². The van der Waals surface area contributed by atoms with Crippen LogP contribution in [0.5, 0.6) is 0 Å². The molecule has 1 aromatic heterocycles. The molecule has 0 aliphatic carbocycles. The number of anilines is 2. The summed E-state index contributed by atoms with van der Waals surface area (Å²) in [7, 11) is 3.27. The molecule has 8 heteroatoms. The topological polar surface area (TPSA) is 78.9 Å². The Morgan fingerprint density at radius 3 is 2.58 bits per heavy atom. The van der Waals surface area contributed by atoms with Crippen molar-refractivity contribution < 1.29 is 14.3 Å². The highest BCUT2D eigenvalue weighted by Gasteiger charge is 2.41. The Morgan fingerprint density at radius 1 is 1.42 bits per heavy atom. The molecule has 1 aromatic rings. The van der Waals surface area contributed by atoms with E-state index in [1.807, 2.05) is 6.92 Å². The van der Waals surface area contributed by atoms with Crippen LogP contribution in [0.4, 0.5) is 16.3 Å². The van der Waals surface area contributed by atoms with Crippen LogP contribution in [-0.2, 0) is 9.53 Å². The predicted molar refractivity (Wildman–Crippen MR) is 90.7 cm³/mol. The largest absolute Gasteiger partial charge is 0.442 e. The van der Waals surface area contributed by atoms with Crippen LogP contribution >= 0.6 is 0 Å². The second-order valence-electron chi connectivity index (χ2n) is 6.80. The zero-order valence-corrected chi connectivity index (χ0v) is 15.3. The molecule has 0 radical (unpaired) electrons. The number of rotatable bonds is 2. The van der Waals surface area contributed by atoms with Crippen molar-refractivity contribution >= 4 is 23.5 Å². The number of amides is 2. The van der Waals surface area contributed by atoms with E-state index >= 15 is 0 Å². The number of carbonyl (C=O) groups excluding carboxylic acids is 2. The lowest BCUT2D eigenvalue weighted by Gasteiger charge is -2.44. The molecule has 1 unspecified atom stereocenters. The molecule has 0 bridgehead atoms. The monoisotopic (exact) mass is 335 g/mol. The molecule has 2 heterocycles. The number of ether oxygens (including phenoxy) is 1. The third kappa shape index (κ3) is 3.27. The summed E-state index contributed by atoms with van der Waals surface area (Å²) < 4.78 is 5.43. The Bertz CT molecular complexity index is 656. The molecule has 0 saturated heterocycles. The zero-order chi connectivity index (χ0) is 18.2. The quantitative estimate of drug-likeness (QED) is 0.824. The van der Waals surface area contributed by atoms with E-state index in [0.717, 1.165) is 0 Å². The number of carbonyl (C=O) groups is 2. The second-order valence-corrected chi connectivity index (χ2v) is 6.80. The zero-order valence-electron chi connectivity index (χ0n) is 15.3. The van der Waals surface area contributed by atoms with Gasteiger partial charge in [-0.25, -0.2) is 24.8 Å². The summed E-state index contributed by atoms with van der Waals surface area (Å²) in [5, 5.41) is 2.91. The summed E-state index contributed by atoms with van der Waals surface area (Å²) >= 11 is 0. The van der Waals surface area contributed by atoms with Crippen molar-refractivity contribution in [1.29, 1.82) is 0 Å². The number of likely N-dealkylation sites (N-methyl/N-ethyl adjacent to an activating group) is 1. The first-order chi connectivity index (χ1) is 11.1. The molecule has 132 valence electrons. The van der Waals surface area contributed by atoms with Gasteiger partial charge in [0, 0.05) is 14.1 Å². The lowest BCUT2D eigenvalue weighted by atomic mass is 10.1. The Hall–Kier alpha value is -2.38. The molecule has 0 spiro atoms. The first-order valence-corrected chi connectivity index (χ1v) is 7.94. The molecule has 1 atom stereocenters. The third-order valence-corrected chi connectivity index (χ3v) is 3.73. The van der Waals surface area contributed by atoms with E-state index in [9.17, 15) is 9.59 Å². The maximum absolute atomic E-state index is 12.7. The minimum absolute atomic E-state index is 0.118. The van der Waals surface area contributed by atoms with Crippen LogP contribution in [-0.4, -0.2) is 52.7 Å². The highest BCUT2D eigenvalue weighted by Crippen LogP contribution is 2.35. The summed E-state index contributed by atoms with van der Waals surface area (Å²) in [6.45, 7) is 9.05. The number of nitrogens with zero attached hydrogens (tertiary/aromatic N) is 5. The van der Waals surface area contributed by atoms with E-state index in [1.54, 1.807) is 53.0 Å². The first-order valence-electron chi connectivity index (χ1n) is 7.94. The molecule has 2 amide bonds. The van der Waals surface area contributed by atoms with Crippen molar-refractivity contribution in [3.8, 4) is 0 Å². The molecular formula is C16H25N5O3. The standard InChI is InChI=1S/C16H25N5O3/c1-8-11-14(22)19(6)12-9-17-10(2)18-13(12)21(11)20(7)15(23)24-16(3,4)5/h9,11H,8H2,1-7H3. The third-order valence-electron chi connectivity index (χ3n) is 3.73. The van der Waals surface area contributed by atoms with Crippen LogP contribution in [0.15, 0.2) is 6.20 Å². The number of hydrogen-bond acceptors (Lipinski definition) is 6. The Balaban J connectivity index is 2.49. The Morgan fingerprint density at radius 2 is 2.04 bits per heavy atom. The molecule has 24 heavy (non-hydrogen) atoms.